The van der Waals surface area contributed by atoms with Gasteiger partial charge in [0.25, 0.3) is 0 Å². The molecule has 3 fully saturated rings. The van der Waals surface area contributed by atoms with E-state index in [-0.39, 0.29) is 34.5 Å². The minimum Gasteiger partial charge on any atom is -0.371 e. The van der Waals surface area contributed by atoms with E-state index in [2.05, 4.69) is 74.2 Å². The Kier molecular flexibility index (Phi) is 10.8. The van der Waals surface area contributed by atoms with Crippen LogP contribution in [0.15, 0.2) is 103 Å². The molecule has 3 aliphatic heterocycles. The normalized spacial score (nSPS) is 17.5. The fourth-order valence-electron chi connectivity index (χ4n) is 8.37. The van der Waals surface area contributed by atoms with E-state index in [9.17, 15) is 14.0 Å². The van der Waals surface area contributed by atoms with Gasteiger partial charge in [-0.15, -0.1) is 0 Å². The largest absolute Gasteiger partial charge is 0.371 e. The first-order valence-electron chi connectivity index (χ1n) is 18.7. The summed E-state index contributed by atoms with van der Waals surface area (Å²) in [4.78, 5) is 36.2. The van der Waals surface area contributed by atoms with Gasteiger partial charge in [-0.1, -0.05) is 48.5 Å². The maximum absolute atomic E-state index is 14.2. The number of rotatable bonds is 10. The van der Waals surface area contributed by atoms with E-state index < -0.39 is 0 Å². The van der Waals surface area contributed by atoms with Crippen LogP contribution in [0, 0.1) is 34.4 Å². The number of benzene rings is 4. The number of fused-ring (bicyclic) bond motifs is 1. The topological polar surface area (TPSA) is 94.7 Å². The third-order valence-electron chi connectivity index (χ3n) is 11.5. The molecule has 0 N–H and O–H groups in total. The second-order valence-corrected chi connectivity index (χ2v) is 14.7. The van der Waals surface area contributed by atoms with E-state index >= 15 is 0 Å². The molecule has 0 atom stereocenters. The molecular weight excluding hydrogens is 664 g/mol. The molecule has 53 heavy (non-hydrogen) atoms. The Morgan fingerprint density at radius 2 is 1.53 bits per heavy atom. The quantitative estimate of drug-likeness (QED) is 0.124. The van der Waals surface area contributed by atoms with Crippen LogP contribution in [0.3, 0.4) is 0 Å². The highest BCUT2D eigenvalue weighted by molar-refractivity contribution is 5.96. The molecule has 270 valence electrons. The molecule has 4 aromatic carbocycles. The summed E-state index contributed by atoms with van der Waals surface area (Å²) in [6, 6.07) is 32.9. The number of allylic oxidation sites excluding steroid dienone is 2. The van der Waals surface area contributed by atoms with Crippen LogP contribution in [0.4, 0.5) is 15.8 Å². The van der Waals surface area contributed by atoms with E-state index in [1.165, 1.54) is 12.1 Å². The predicted octanol–water partition coefficient (Wildman–Crippen LogP) is 7.52. The van der Waals surface area contributed by atoms with Gasteiger partial charge in [-0.2, -0.15) is 10.5 Å². The molecule has 0 saturated carbocycles. The van der Waals surface area contributed by atoms with Gasteiger partial charge in [0.15, 0.2) is 5.78 Å². The molecule has 3 aliphatic rings. The molecule has 0 aromatic heterocycles. The number of amides is 1. The fraction of sp³-hybridized carbons (Fsp3) is 0.364. The smallest absolute Gasteiger partial charge is 0.227 e. The number of halogens is 1. The van der Waals surface area contributed by atoms with Crippen LogP contribution in [-0.2, 0) is 11.2 Å². The van der Waals surface area contributed by atoms with Crippen molar-refractivity contribution in [2.75, 3.05) is 55.7 Å². The SMILES string of the molecule is N#CC(C#N)=CCc1ccc2cc(N3CCC(C(=O)N4CN(c5ccccc5)C5(CCN(CCCC(=O)c6ccc(F)cc6)CC5)C4)CC3)ccc2c1. The van der Waals surface area contributed by atoms with Gasteiger partial charge in [-0.05, 0) is 110 Å². The summed E-state index contributed by atoms with van der Waals surface area (Å²) in [5.41, 5.74) is 3.95. The first-order valence-corrected chi connectivity index (χ1v) is 18.7. The van der Waals surface area contributed by atoms with Crippen molar-refractivity contribution in [3.8, 4) is 12.1 Å². The van der Waals surface area contributed by atoms with E-state index in [4.69, 9.17) is 10.5 Å². The Hall–Kier alpha value is -5.51. The molecule has 0 bridgehead atoms. The number of Topliss-reactive ketones (excluding diaryl/α,β-unsaturated/α-hetero) is 1. The van der Waals surface area contributed by atoms with Gasteiger partial charge in [-0.25, -0.2) is 4.39 Å². The first-order chi connectivity index (χ1) is 25.8. The van der Waals surface area contributed by atoms with Gasteiger partial charge in [-0.3, -0.25) is 9.59 Å². The lowest BCUT2D eigenvalue weighted by Gasteiger charge is -2.45. The van der Waals surface area contributed by atoms with E-state index in [0.717, 1.165) is 99.1 Å². The van der Waals surface area contributed by atoms with Crippen molar-refractivity contribution >= 4 is 33.8 Å². The molecule has 4 aromatic rings. The van der Waals surface area contributed by atoms with Crippen LogP contribution in [0.2, 0.25) is 0 Å². The minimum atomic E-state index is -0.333. The highest BCUT2D eigenvalue weighted by atomic mass is 19.1. The summed E-state index contributed by atoms with van der Waals surface area (Å²) >= 11 is 0. The number of carbonyl (C=O) groups is 2. The van der Waals surface area contributed by atoms with Crippen LogP contribution >= 0.6 is 0 Å². The Balaban J connectivity index is 0.945. The van der Waals surface area contributed by atoms with Gasteiger partial charge in [0.1, 0.15) is 23.5 Å². The Labute approximate surface area is 311 Å². The van der Waals surface area contributed by atoms with E-state index in [1.54, 1.807) is 18.2 Å². The number of nitriles is 2. The lowest BCUT2D eigenvalue weighted by Crippen LogP contribution is -2.54. The van der Waals surface area contributed by atoms with Crippen LogP contribution in [0.5, 0.6) is 0 Å². The molecule has 0 unspecified atom stereocenters. The van der Waals surface area contributed by atoms with E-state index in [0.29, 0.717) is 25.1 Å². The lowest BCUT2D eigenvalue weighted by molar-refractivity contribution is -0.135. The summed E-state index contributed by atoms with van der Waals surface area (Å²) in [5.74, 6) is -0.0166. The summed E-state index contributed by atoms with van der Waals surface area (Å²) in [5, 5.41) is 20.3. The van der Waals surface area contributed by atoms with Gasteiger partial charge >= 0.3 is 0 Å². The molecule has 3 saturated heterocycles. The van der Waals surface area contributed by atoms with Gasteiger partial charge in [0.05, 0.1) is 12.2 Å². The molecule has 3 heterocycles. The molecule has 0 radical (unpaired) electrons. The third-order valence-corrected chi connectivity index (χ3v) is 11.5. The van der Waals surface area contributed by atoms with Crippen LogP contribution in [0.1, 0.15) is 54.4 Å². The number of nitrogens with zero attached hydrogens (tertiary/aromatic N) is 6. The average Bonchev–Trinajstić information content (AvgIpc) is 3.57. The Morgan fingerprint density at radius 1 is 0.830 bits per heavy atom. The molecule has 1 amide bonds. The lowest BCUT2D eigenvalue weighted by atomic mass is 9.85. The molecule has 0 aliphatic carbocycles. The van der Waals surface area contributed by atoms with Crippen LogP contribution in [0.25, 0.3) is 10.8 Å². The van der Waals surface area contributed by atoms with Crippen LogP contribution < -0.4 is 9.80 Å². The number of piperidine rings is 2. The van der Waals surface area contributed by atoms with Gasteiger partial charge in [0.2, 0.25) is 5.91 Å². The van der Waals surface area contributed by atoms with E-state index in [1.807, 2.05) is 24.3 Å². The second-order valence-electron chi connectivity index (χ2n) is 14.7. The average molecular weight is 709 g/mol. The summed E-state index contributed by atoms with van der Waals surface area (Å²) in [6.07, 6.45) is 6.97. The van der Waals surface area contributed by atoms with Crippen molar-refractivity contribution in [3.05, 3.63) is 120 Å². The fourth-order valence-corrected chi connectivity index (χ4v) is 8.37. The zero-order chi connectivity index (χ0) is 36.8. The Bertz CT molecular complexity index is 2040. The van der Waals surface area contributed by atoms with Crippen LogP contribution in [-0.4, -0.2) is 73.0 Å². The minimum absolute atomic E-state index is 0.000498. The second kappa shape index (κ2) is 16.0. The first kappa shape index (κ1) is 35.9. The number of anilines is 2. The number of ketones is 1. The van der Waals surface area contributed by atoms with Crippen molar-refractivity contribution in [2.45, 2.75) is 50.5 Å². The molecular formula is C44H45FN6O2. The van der Waals surface area contributed by atoms with Crippen molar-refractivity contribution in [1.29, 1.82) is 10.5 Å². The number of likely N-dealkylation sites (tertiary alicyclic amines) is 1. The molecule has 8 nitrogen and oxygen atoms in total. The highest BCUT2D eigenvalue weighted by Crippen LogP contribution is 2.40. The number of hydrogen-bond donors (Lipinski definition) is 0. The zero-order valence-corrected chi connectivity index (χ0v) is 30.1. The van der Waals surface area contributed by atoms with Gasteiger partial charge < -0.3 is 19.6 Å². The van der Waals surface area contributed by atoms with Gasteiger partial charge in [0, 0.05) is 62.0 Å². The summed E-state index contributed by atoms with van der Waals surface area (Å²) in [7, 11) is 0. The van der Waals surface area contributed by atoms with Crippen molar-refractivity contribution in [3.63, 3.8) is 0 Å². The highest BCUT2D eigenvalue weighted by Gasteiger charge is 2.48. The maximum Gasteiger partial charge on any atom is 0.227 e. The number of carbonyl (C=O) groups excluding carboxylic acids is 2. The Morgan fingerprint density at radius 3 is 2.25 bits per heavy atom. The van der Waals surface area contributed by atoms with Crippen molar-refractivity contribution in [2.24, 2.45) is 5.92 Å². The summed E-state index contributed by atoms with van der Waals surface area (Å²) < 4.78 is 13.3. The van der Waals surface area contributed by atoms with Crippen molar-refractivity contribution < 1.29 is 14.0 Å². The number of para-hydroxylation sites is 1. The predicted molar refractivity (Wildman–Crippen MR) is 206 cm³/mol. The summed E-state index contributed by atoms with van der Waals surface area (Å²) in [6.45, 7) is 5.68. The zero-order valence-electron chi connectivity index (χ0n) is 30.1. The third kappa shape index (κ3) is 8.11. The van der Waals surface area contributed by atoms with Crippen molar-refractivity contribution in [1.82, 2.24) is 9.80 Å². The standard InChI is InChI=1S/C44H45FN6O2/c45-39-15-12-35(13-16-39)42(52)7-4-22-48-25-20-44(21-26-48)31-50(32-51(44)40-5-2-1-3-6-40)43(53)36-18-23-49(24-19-36)41-17-14-37-27-33(10-11-38(37)28-41)8-9-34(29-46)30-47/h1-3,5-6,9-17,27-28,36H,4,7-8,18-26,31-32H2. The molecule has 9 heteroatoms. The molecule has 1 spiro atoms. The number of hydrogen-bond acceptors (Lipinski definition) is 7. The monoisotopic (exact) mass is 708 g/mol. The maximum atomic E-state index is 14.2. The molecule has 7 rings (SSSR count).